The molecule has 0 atom stereocenters. The van der Waals surface area contributed by atoms with E-state index in [-0.39, 0.29) is 0 Å². The fourth-order valence-corrected chi connectivity index (χ4v) is 0.297. The summed E-state index contributed by atoms with van der Waals surface area (Å²) in [7, 11) is 0. The van der Waals surface area contributed by atoms with E-state index in [9.17, 15) is 14.4 Å². The molecule has 0 heterocycles. The summed E-state index contributed by atoms with van der Waals surface area (Å²) >= 11 is 9.06. The quantitative estimate of drug-likeness (QED) is 0.322. The lowest BCUT2D eigenvalue weighted by atomic mass is 10.5. The predicted molar refractivity (Wildman–Crippen MR) is 26.7 cm³/mol. The molecule has 0 unspecified atom stereocenters. The van der Waals surface area contributed by atoms with Gasteiger partial charge in [-0.05, 0) is 23.2 Å². The standard InChI is InChI=1S/C3Cl2O3/c4-2(7)1(6)3(5)8. The second-order valence-corrected chi connectivity index (χ2v) is 1.56. The van der Waals surface area contributed by atoms with E-state index < -0.39 is 16.3 Å². The molecule has 0 radical (unpaired) electrons. The maximum atomic E-state index is 9.88. The molecule has 3 nitrogen and oxygen atoms in total. The van der Waals surface area contributed by atoms with Gasteiger partial charge in [-0.1, -0.05) is 0 Å². The van der Waals surface area contributed by atoms with Gasteiger partial charge < -0.3 is 0 Å². The summed E-state index contributed by atoms with van der Waals surface area (Å²) in [5, 5.41) is -2.71. The van der Waals surface area contributed by atoms with Crippen molar-refractivity contribution in [2.45, 2.75) is 0 Å². The molecular formula is C3Cl2O3. The van der Waals surface area contributed by atoms with Crippen LogP contribution < -0.4 is 0 Å². The Balaban J connectivity index is 4.05. The molecule has 0 saturated heterocycles. The van der Waals surface area contributed by atoms with Gasteiger partial charge in [-0.15, -0.1) is 0 Å². The van der Waals surface area contributed by atoms with Crippen LogP contribution in [0.25, 0.3) is 0 Å². The lowest BCUT2D eigenvalue weighted by Crippen LogP contribution is -2.13. The Bertz CT molecular complexity index is 135. The van der Waals surface area contributed by atoms with Crippen LogP contribution in [0.5, 0.6) is 0 Å². The highest BCUT2D eigenvalue weighted by molar-refractivity contribution is 7.00. The molecular weight excluding hydrogens is 155 g/mol. The fourth-order valence-electron chi connectivity index (χ4n) is 0.0773. The molecule has 0 amide bonds. The average molecular weight is 155 g/mol. The molecule has 8 heavy (non-hydrogen) atoms. The lowest BCUT2D eigenvalue weighted by Gasteiger charge is -1.77. The zero-order valence-electron chi connectivity index (χ0n) is 3.48. The Morgan fingerprint density at radius 3 is 1.12 bits per heavy atom. The minimum Gasteiger partial charge on any atom is -0.279 e. The molecule has 0 spiro atoms. The van der Waals surface area contributed by atoms with Crippen molar-refractivity contribution in [3.8, 4) is 0 Å². The second kappa shape index (κ2) is 2.79. The highest BCUT2D eigenvalue weighted by atomic mass is 35.5. The molecule has 0 aromatic carbocycles. The largest absolute Gasteiger partial charge is 0.297 e. The topological polar surface area (TPSA) is 51.2 Å². The van der Waals surface area contributed by atoms with Crippen LogP contribution in [0.2, 0.25) is 0 Å². The van der Waals surface area contributed by atoms with Crippen molar-refractivity contribution in [2.75, 3.05) is 0 Å². The molecule has 0 aromatic rings. The van der Waals surface area contributed by atoms with Crippen molar-refractivity contribution in [3.63, 3.8) is 0 Å². The van der Waals surface area contributed by atoms with Crippen LogP contribution in [0.3, 0.4) is 0 Å². The summed E-state index contributed by atoms with van der Waals surface area (Å²) in [5.74, 6) is -1.40. The van der Waals surface area contributed by atoms with Gasteiger partial charge in [0.05, 0.1) is 0 Å². The van der Waals surface area contributed by atoms with Crippen LogP contribution in [-0.2, 0) is 14.4 Å². The molecule has 0 aliphatic rings. The number of hydrogen-bond acceptors (Lipinski definition) is 3. The normalized spacial score (nSPS) is 8.25. The minimum atomic E-state index is -1.40. The van der Waals surface area contributed by atoms with Crippen LogP contribution >= 0.6 is 23.2 Å². The summed E-state index contributed by atoms with van der Waals surface area (Å²) in [6.07, 6.45) is 0. The van der Waals surface area contributed by atoms with Gasteiger partial charge in [0, 0.05) is 0 Å². The third-order valence-electron chi connectivity index (χ3n) is 0.357. The second-order valence-electron chi connectivity index (χ2n) is 0.877. The Labute approximate surface area is 54.6 Å². The molecule has 0 N–H and O–H groups in total. The molecule has 0 aliphatic heterocycles. The summed E-state index contributed by atoms with van der Waals surface area (Å²) in [6, 6.07) is 0. The maximum Gasteiger partial charge on any atom is 0.297 e. The van der Waals surface area contributed by atoms with Crippen molar-refractivity contribution >= 4 is 39.5 Å². The van der Waals surface area contributed by atoms with E-state index in [1.54, 1.807) is 0 Å². The molecule has 44 valence electrons. The third kappa shape index (κ3) is 2.04. The van der Waals surface area contributed by atoms with Crippen LogP contribution in [0, 0.1) is 0 Å². The van der Waals surface area contributed by atoms with Crippen molar-refractivity contribution in [3.05, 3.63) is 0 Å². The van der Waals surface area contributed by atoms with Gasteiger partial charge in [0.15, 0.2) is 0 Å². The molecule has 0 saturated carbocycles. The van der Waals surface area contributed by atoms with Gasteiger partial charge in [0.1, 0.15) is 0 Å². The van der Waals surface area contributed by atoms with Crippen molar-refractivity contribution < 1.29 is 14.4 Å². The van der Waals surface area contributed by atoms with Crippen molar-refractivity contribution in [1.29, 1.82) is 0 Å². The first kappa shape index (κ1) is 7.59. The SMILES string of the molecule is O=C(Cl)C(=O)C(=O)Cl. The summed E-state index contributed by atoms with van der Waals surface area (Å²) in [4.78, 5) is 29.3. The van der Waals surface area contributed by atoms with Gasteiger partial charge >= 0.3 is 0 Å². The van der Waals surface area contributed by atoms with Gasteiger partial charge in [0.25, 0.3) is 16.3 Å². The third-order valence-corrected chi connectivity index (χ3v) is 0.700. The fraction of sp³-hybridized carbons (Fsp3) is 0. The first-order chi connectivity index (χ1) is 3.55. The zero-order chi connectivity index (χ0) is 6.73. The molecule has 0 fully saturated rings. The van der Waals surface area contributed by atoms with Gasteiger partial charge in [0.2, 0.25) is 0 Å². The number of ketones is 1. The highest BCUT2D eigenvalue weighted by Gasteiger charge is 2.17. The van der Waals surface area contributed by atoms with Crippen LogP contribution in [0.4, 0.5) is 0 Å². The number of halogens is 2. The van der Waals surface area contributed by atoms with Crippen LogP contribution in [0.1, 0.15) is 0 Å². The Kier molecular flexibility index (Phi) is 2.65. The number of rotatable bonds is 2. The minimum absolute atomic E-state index is 1.36. The highest BCUT2D eigenvalue weighted by Crippen LogP contribution is 1.87. The number of Topliss-reactive ketones (excluding diaryl/α,β-unsaturated/α-hetero) is 1. The number of carbonyl (C=O) groups excluding carboxylic acids is 3. The van der Waals surface area contributed by atoms with E-state index in [2.05, 4.69) is 23.2 Å². The molecule has 0 aliphatic carbocycles. The van der Waals surface area contributed by atoms with Crippen LogP contribution in [0.15, 0.2) is 0 Å². The first-order valence-corrected chi connectivity index (χ1v) is 2.25. The van der Waals surface area contributed by atoms with Crippen molar-refractivity contribution in [2.24, 2.45) is 0 Å². The summed E-state index contributed by atoms with van der Waals surface area (Å²) in [6.45, 7) is 0. The van der Waals surface area contributed by atoms with Crippen molar-refractivity contribution in [1.82, 2.24) is 0 Å². The Morgan fingerprint density at radius 1 is 0.875 bits per heavy atom. The van der Waals surface area contributed by atoms with E-state index in [4.69, 9.17) is 0 Å². The predicted octanol–water partition coefficient (Wildman–Crippen LogP) is 0.0863. The number of hydrogen-bond donors (Lipinski definition) is 0. The van der Waals surface area contributed by atoms with Gasteiger partial charge in [-0.3, -0.25) is 14.4 Å². The molecule has 0 aromatic heterocycles. The molecule has 0 bridgehead atoms. The monoisotopic (exact) mass is 154 g/mol. The first-order valence-electron chi connectivity index (χ1n) is 1.49. The average Bonchev–Trinajstić information content (AvgIpc) is 1.64. The smallest absolute Gasteiger partial charge is 0.279 e. The maximum absolute atomic E-state index is 9.88. The van der Waals surface area contributed by atoms with Gasteiger partial charge in [-0.2, -0.15) is 0 Å². The summed E-state index contributed by atoms with van der Waals surface area (Å²) < 4.78 is 0. The van der Waals surface area contributed by atoms with E-state index in [0.29, 0.717) is 0 Å². The lowest BCUT2D eigenvalue weighted by molar-refractivity contribution is -0.138. The molecule has 5 heteroatoms. The van der Waals surface area contributed by atoms with E-state index >= 15 is 0 Å². The van der Waals surface area contributed by atoms with Crippen LogP contribution in [-0.4, -0.2) is 16.3 Å². The summed E-state index contributed by atoms with van der Waals surface area (Å²) in [5.41, 5.74) is 0. The Morgan fingerprint density at radius 2 is 1.12 bits per heavy atom. The van der Waals surface area contributed by atoms with E-state index in [0.717, 1.165) is 0 Å². The zero-order valence-corrected chi connectivity index (χ0v) is 4.99. The Hall–Kier alpha value is -0.410. The van der Waals surface area contributed by atoms with E-state index in [1.165, 1.54) is 0 Å². The van der Waals surface area contributed by atoms with Gasteiger partial charge in [-0.25, -0.2) is 0 Å². The number of carbonyl (C=O) groups is 3. The van der Waals surface area contributed by atoms with E-state index in [1.807, 2.05) is 0 Å². The molecule has 0 rings (SSSR count).